The van der Waals surface area contributed by atoms with E-state index in [0.29, 0.717) is 6.04 Å². The second-order valence-electron chi connectivity index (χ2n) is 6.27. The van der Waals surface area contributed by atoms with E-state index in [2.05, 4.69) is 78.6 Å². The fourth-order valence-electron chi connectivity index (χ4n) is 3.45. The summed E-state index contributed by atoms with van der Waals surface area (Å²) in [5.41, 5.74) is 5.37. The van der Waals surface area contributed by atoms with Crippen LogP contribution >= 0.6 is 24.0 Å². The van der Waals surface area contributed by atoms with E-state index in [4.69, 9.17) is 12.2 Å². The summed E-state index contributed by atoms with van der Waals surface area (Å²) in [5, 5.41) is 0. The molecule has 1 atom stereocenters. The van der Waals surface area contributed by atoms with E-state index >= 15 is 0 Å². The second kappa shape index (κ2) is 6.58. The summed E-state index contributed by atoms with van der Waals surface area (Å²) in [4.78, 5) is 3.70. The molecule has 0 saturated heterocycles. The fourth-order valence-corrected chi connectivity index (χ4v) is 4.99. The Kier molecular flexibility index (Phi) is 4.30. The Morgan fingerprint density at radius 3 is 2.25 bits per heavy atom. The molecule has 0 unspecified atom stereocenters. The highest BCUT2D eigenvalue weighted by Crippen LogP contribution is 2.46. The Morgan fingerprint density at radius 2 is 1.58 bits per heavy atom. The Labute approximate surface area is 153 Å². The summed E-state index contributed by atoms with van der Waals surface area (Å²) in [5.74, 6) is 0. The summed E-state index contributed by atoms with van der Waals surface area (Å²) in [7, 11) is 0. The molecular formula is C21H19NS2. The minimum atomic E-state index is 0.333. The molecular weight excluding hydrogens is 330 g/mol. The standard InChI is InChI=1S/C21H19NS2/c1-15-12-13-18-19(16-8-4-2-5-9-16)20(17-10-6-3-7-11-17)24-21(23)22(18)14-15/h2-12,18H,13-14H2,1H3/t18-/m0/s1. The Morgan fingerprint density at radius 1 is 0.958 bits per heavy atom. The lowest BCUT2D eigenvalue weighted by Crippen LogP contribution is -2.44. The molecule has 120 valence electrons. The molecule has 2 aromatic rings. The molecule has 2 heterocycles. The first-order valence-corrected chi connectivity index (χ1v) is 9.45. The molecule has 0 radical (unpaired) electrons. The smallest absolute Gasteiger partial charge is 0.142 e. The molecule has 0 spiro atoms. The lowest BCUT2D eigenvalue weighted by atomic mass is 9.90. The van der Waals surface area contributed by atoms with Crippen molar-refractivity contribution in [3.05, 3.63) is 83.4 Å². The van der Waals surface area contributed by atoms with Gasteiger partial charge in [-0.3, -0.25) is 0 Å². The molecule has 0 aromatic heterocycles. The molecule has 0 fully saturated rings. The van der Waals surface area contributed by atoms with Gasteiger partial charge in [0.25, 0.3) is 0 Å². The van der Waals surface area contributed by atoms with Gasteiger partial charge in [-0.05, 0) is 30.0 Å². The molecule has 0 aliphatic carbocycles. The average molecular weight is 350 g/mol. The minimum Gasteiger partial charge on any atom is -0.346 e. The minimum absolute atomic E-state index is 0.333. The Bertz CT molecular complexity index is 821. The summed E-state index contributed by atoms with van der Waals surface area (Å²) in [6.45, 7) is 3.14. The normalized spacial score (nSPS) is 20.7. The molecule has 0 saturated carbocycles. The third kappa shape index (κ3) is 2.83. The van der Waals surface area contributed by atoms with Crippen molar-refractivity contribution in [2.75, 3.05) is 6.54 Å². The van der Waals surface area contributed by atoms with E-state index in [1.54, 1.807) is 11.8 Å². The summed E-state index contributed by atoms with van der Waals surface area (Å²) < 4.78 is 0.992. The van der Waals surface area contributed by atoms with Gasteiger partial charge in [0.2, 0.25) is 0 Å². The maximum absolute atomic E-state index is 5.76. The van der Waals surface area contributed by atoms with Crippen molar-refractivity contribution < 1.29 is 0 Å². The Balaban J connectivity index is 1.92. The zero-order valence-corrected chi connectivity index (χ0v) is 15.2. The zero-order valence-electron chi connectivity index (χ0n) is 13.6. The number of thioether (sulfide) groups is 1. The number of nitrogens with zero attached hydrogens (tertiary/aromatic N) is 1. The van der Waals surface area contributed by atoms with Gasteiger partial charge in [0.1, 0.15) is 4.32 Å². The summed E-state index contributed by atoms with van der Waals surface area (Å²) >= 11 is 7.50. The van der Waals surface area contributed by atoms with Crippen molar-refractivity contribution in [3.8, 4) is 0 Å². The molecule has 0 amide bonds. The van der Waals surface area contributed by atoms with Crippen LogP contribution in [0.4, 0.5) is 0 Å². The SMILES string of the molecule is CC1=CC[C@H]2C(c3ccccc3)=C(c3ccccc3)SC(=S)N2C1. The van der Waals surface area contributed by atoms with Gasteiger partial charge in [-0.25, -0.2) is 0 Å². The van der Waals surface area contributed by atoms with Gasteiger partial charge in [-0.15, -0.1) is 0 Å². The van der Waals surface area contributed by atoms with Crippen LogP contribution in [-0.4, -0.2) is 21.8 Å². The fraction of sp³-hybridized carbons (Fsp3) is 0.190. The van der Waals surface area contributed by atoms with E-state index in [-0.39, 0.29) is 0 Å². The molecule has 24 heavy (non-hydrogen) atoms. The third-order valence-corrected chi connectivity index (χ3v) is 6.16. The number of hydrogen-bond donors (Lipinski definition) is 0. The first kappa shape index (κ1) is 15.7. The lowest BCUT2D eigenvalue weighted by Gasteiger charge is -2.42. The van der Waals surface area contributed by atoms with Crippen LogP contribution in [0.1, 0.15) is 24.5 Å². The topological polar surface area (TPSA) is 3.24 Å². The molecule has 4 rings (SSSR count). The van der Waals surface area contributed by atoms with Crippen LogP contribution in [0.5, 0.6) is 0 Å². The van der Waals surface area contributed by atoms with Crippen molar-refractivity contribution in [3.63, 3.8) is 0 Å². The molecule has 1 nitrogen and oxygen atoms in total. The number of rotatable bonds is 2. The highest BCUT2D eigenvalue weighted by molar-refractivity contribution is 8.29. The number of hydrogen-bond acceptors (Lipinski definition) is 2. The monoisotopic (exact) mass is 349 g/mol. The summed E-state index contributed by atoms with van der Waals surface area (Å²) in [6.07, 6.45) is 3.39. The highest BCUT2D eigenvalue weighted by atomic mass is 32.2. The van der Waals surface area contributed by atoms with Gasteiger partial charge in [0.15, 0.2) is 0 Å². The van der Waals surface area contributed by atoms with Gasteiger partial charge < -0.3 is 4.90 Å². The molecule has 0 N–H and O–H groups in total. The van der Waals surface area contributed by atoms with Crippen molar-refractivity contribution in [2.24, 2.45) is 0 Å². The predicted octanol–water partition coefficient (Wildman–Crippen LogP) is 5.61. The molecule has 2 aromatic carbocycles. The van der Waals surface area contributed by atoms with Crippen LogP contribution in [0, 0.1) is 0 Å². The third-order valence-electron chi connectivity index (χ3n) is 4.61. The average Bonchev–Trinajstić information content (AvgIpc) is 2.63. The van der Waals surface area contributed by atoms with Crippen LogP contribution in [0.15, 0.2) is 72.3 Å². The van der Waals surface area contributed by atoms with Gasteiger partial charge in [-0.1, -0.05) is 96.3 Å². The van der Waals surface area contributed by atoms with Crippen molar-refractivity contribution in [1.82, 2.24) is 4.90 Å². The maximum atomic E-state index is 5.76. The summed E-state index contributed by atoms with van der Waals surface area (Å²) in [6, 6.07) is 21.7. The zero-order chi connectivity index (χ0) is 16.5. The van der Waals surface area contributed by atoms with E-state index in [1.807, 2.05) is 0 Å². The highest BCUT2D eigenvalue weighted by Gasteiger charge is 2.35. The number of fused-ring (bicyclic) bond motifs is 1. The van der Waals surface area contributed by atoms with Gasteiger partial charge in [-0.2, -0.15) is 0 Å². The van der Waals surface area contributed by atoms with Gasteiger partial charge in [0.05, 0.1) is 6.04 Å². The van der Waals surface area contributed by atoms with E-state index in [1.165, 1.54) is 27.2 Å². The molecule has 2 aliphatic heterocycles. The predicted molar refractivity (Wildman–Crippen MR) is 109 cm³/mol. The second-order valence-corrected chi connectivity index (χ2v) is 7.92. The largest absolute Gasteiger partial charge is 0.346 e. The van der Waals surface area contributed by atoms with Crippen LogP contribution in [0.3, 0.4) is 0 Å². The van der Waals surface area contributed by atoms with Crippen LogP contribution in [0.2, 0.25) is 0 Å². The number of thiocarbonyl (C=S) groups is 1. The maximum Gasteiger partial charge on any atom is 0.142 e. The molecule has 2 aliphatic rings. The van der Waals surface area contributed by atoms with Crippen LogP contribution in [-0.2, 0) is 0 Å². The van der Waals surface area contributed by atoms with Crippen molar-refractivity contribution >= 4 is 38.8 Å². The Hall–Kier alpha value is -1.84. The van der Waals surface area contributed by atoms with E-state index < -0.39 is 0 Å². The molecule has 3 heteroatoms. The first-order valence-electron chi connectivity index (χ1n) is 8.23. The van der Waals surface area contributed by atoms with Crippen LogP contribution < -0.4 is 0 Å². The molecule has 0 bridgehead atoms. The first-order chi connectivity index (χ1) is 11.7. The van der Waals surface area contributed by atoms with Gasteiger partial charge in [0, 0.05) is 11.4 Å². The lowest BCUT2D eigenvalue weighted by molar-refractivity contribution is 0.389. The van der Waals surface area contributed by atoms with Crippen molar-refractivity contribution in [1.29, 1.82) is 0 Å². The number of benzene rings is 2. The van der Waals surface area contributed by atoms with Crippen molar-refractivity contribution in [2.45, 2.75) is 19.4 Å². The van der Waals surface area contributed by atoms with E-state index in [9.17, 15) is 0 Å². The van der Waals surface area contributed by atoms with Gasteiger partial charge >= 0.3 is 0 Å². The van der Waals surface area contributed by atoms with Crippen LogP contribution in [0.25, 0.3) is 10.5 Å². The quantitative estimate of drug-likeness (QED) is 0.513. The van der Waals surface area contributed by atoms with E-state index in [0.717, 1.165) is 17.3 Å².